The zero-order chi connectivity index (χ0) is 14.4. The quantitative estimate of drug-likeness (QED) is 0.729. The average molecular weight is 269 g/mol. The van der Waals surface area contributed by atoms with Crippen LogP contribution in [0.2, 0.25) is 0 Å². The highest BCUT2D eigenvalue weighted by Crippen LogP contribution is 2.48. The van der Waals surface area contributed by atoms with Gasteiger partial charge < -0.3 is 5.11 Å². The summed E-state index contributed by atoms with van der Waals surface area (Å²) in [7, 11) is 0. The van der Waals surface area contributed by atoms with Crippen molar-refractivity contribution in [1.82, 2.24) is 14.8 Å². The molecule has 1 heterocycles. The minimum absolute atomic E-state index is 0.0862. The summed E-state index contributed by atoms with van der Waals surface area (Å²) in [6.07, 6.45) is 0.983. The molecule has 3 N–H and O–H groups in total. The molecule has 1 aromatic rings. The summed E-state index contributed by atoms with van der Waals surface area (Å²) < 4.78 is 1.17. The lowest BCUT2D eigenvalue weighted by Crippen LogP contribution is -2.47. The van der Waals surface area contributed by atoms with E-state index in [9.17, 15) is 19.5 Å². The smallest absolute Gasteiger partial charge is 0.344 e. The van der Waals surface area contributed by atoms with E-state index in [2.05, 4.69) is 10.2 Å². The molecule has 0 bridgehead atoms. The highest BCUT2D eigenvalue weighted by molar-refractivity contribution is 5.71. The van der Waals surface area contributed by atoms with Crippen molar-refractivity contribution in [2.45, 2.75) is 39.7 Å². The topological polar surface area (TPSA) is 108 Å². The van der Waals surface area contributed by atoms with Gasteiger partial charge in [0, 0.05) is 6.04 Å². The molecule has 0 saturated heterocycles. The van der Waals surface area contributed by atoms with E-state index < -0.39 is 28.7 Å². The Hall–Kier alpha value is -1.79. The number of hydrogen-bond acceptors (Lipinski definition) is 3. The van der Waals surface area contributed by atoms with Crippen LogP contribution in [0.1, 0.15) is 39.7 Å². The van der Waals surface area contributed by atoms with E-state index in [1.165, 1.54) is 4.57 Å². The second-order valence-electron chi connectivity index (χ2n) is 5.88. The van der Waals surface area contributed by atoms with Crippen molar-refractivity contribution in [3.8, 4) is 0 Å². The van der Waals surface area contributed by atoms with Crippen LogP contribution in [0, 0.1) is 17.3 Å². The fourth-order valence-electron chi connectivity index (χ4n) is 3.19. The van der Waals surface area contributed by atoms with Crippen LogP contribution < -0.4 is 11.4 Å². The number of nitrogens with zero attached hydrogens (tertiary/aromatic N) is 1. The maximum absolute atomic E-state index is 11.7. The molecule has 1 aromatic heterocycles. The summed E-state index contributed by atoms with van der Waals surface area (Å²) >= 11 is 0. The Kier molecular flexibility index (Phi) is 3.15. The molecule has 0 aliphatic heterocycles. The van der Waals surface area contributed by atoms with Gasteiger partial charge in [0.1, 0.15) is 0 Å². The lowest BCUT2D eigenvalue weighted by atomic mass is 9.61. The predicted molar refractivity (Wildman–Crippen MR) is 68.0 cm³/mol. The lowest BCUT2D eigenvalue weighted by Gasteiger charge is -2.45. The van der Waals surface area contributed by atoms with Crippen LogP contribution >= 0.6 is 0 Å². The number of carbonyl (C=O) groups is 1. The van der Waals surface area contributed by atoms with Gasteiger partial charge in [-0.3, -0.25) is 4.79 Å². The van der Waals surface area contributed by atoms with Gasteiger partial charge in [-0.05, 0) is 24.2 Å². The molecule has 106 valence electrons. The van der Waals surface area contributed by atoms with Crippen molar-refractivity contribution in [3.63, 3.8) is 0 Å². The minimum Gasteiger partial charge on any atom is -0.481 e. The van der Waals surface area contributed by atoms with Gasteiger partial charge in [0.15, 0.2) is 0 Å². The number of carboxylic acids is 1. The number of aliphatic carboxylic acids is 1. The molecular weight excluding hydrogens is 250 g/mol. The molecule has 3 atom stereocenters. The summed E-state index contributed by atoms with van der Waals surface area (Å²) in [5.41, 5.74) is -1.41. The standard InChI is InChI=1S/C12H19N3O4/c1-6-8(15-10(18)13-14-11(15)19)5-4-7(9(16)17)12(6,2)3/h6-8H,4-5H2,1-3H3,(H,13,18)(H,14,19)(H,16,17). The van der Waals surface area contributed by atoms with Crippen LogP contribution in [-0.2, 0) is 4.79 Å². The molecule has 7 heteroatoms. The van der Waals surface area contributed by atoms with Crippen molar-refractivity contribution < 1.29 is 9.90 Å². The summed E-state index contributed by atoms with van der Waals surface area (Å²) in [6, 6.07) is -0.270. The highest BCUT2D eigenvalue weighted by Gasteiger charge is 2.47. The Morgan fingerprint density at radius 2 is 1.79 bits per heavy atom. The molecule has 3 unspecified atom stereocenters. The molecule has 2 rings (SSSR count). The van der Waals surface area contributed by atoms with Gasteiger partial charge in [0.05, 0.1) is 5.92 Å². The summed E-state index contributed by atoms with van der Waals surface area (Å²) in [5, 5.41) is 13.8. The van der Waals surface area contributed by atoms with Gasteiger partial charge in [0.25, 0.3) is 0 Å². The number of nitrogens with one attached hydrogen (secondary N) is 2. The van der Waals surface area contributed by atoms with Crippen LogP contribution in [0.15, 0.2) is 9.59 Å². The van der Waals surface area contributed by atoms with Crippen molar-refractivity contribution in [2.75, 3.05) is 0 Å². The summed E-state index contributed by atoms with van der Waals surface area (Å²) in [5.74, 6) is -1.35. The number of H-pyrrole nitrogens is 2. The molecule has 0 aromatic carbocycles. The molecule has 0 spiro atoms. The van der Waals surface area contributed by atoms with E-state index in [0.29, 0.717) is 12.8 Å². The second-order valence-corrected chi connectivity index (χ2v) is 5.88. The Morgan fingerprint density at radius 3 is 2.26 bits per heavy atom. The zero-order valence-electron chi connectivity index (χ0n) is 11.3. The van der Waals surface area contributed by atoms with E-state index >= 15 is 0 Å². The molecule has 1 fully saturated rings. The second kappa shape index (κ2) is 4.40. The lowest BCUT2D eigenvalue weighted by molar-refractivity contribution is -0.150. The third-order valence-electron chi connectivity index (χ3n) is 4.74. The predicted octanol–water partition coefficient (Wildman–Crippen LogP) is 0.563. The average Bonchev–Trinajstić information content (AvgIpc) is 2.62. The number of aromatic amines is 2. The van der Waals surface area contributed by atoms with Crippen LogP contribution in [0.3, 0.4) is 0 Å². The van der Waals surface area contributed by atoms with Gasteiger partial charge in [-0.25, -0.2) is 24.4 Å². The molecule has 1 aliphatic rings. The van der Waals surface area contributed by atoms with Gasteiger partial charge in [0.2, 0.25) is 0 Å². The largest absolute Gasteiger partial charge is 0.481 e. The van der Waals surface area contributed by atoms with Crippen LogP contribution in [0.25, 0.3) is 0 Å². The Balaban J connectivity index is 2.41. The normalized spacial score (nSPS) is 30.2. The molecule has 1 aliphatic carbocycles. The van der Waals surface area contributed by atoms with Gasteiger partial charge in [-0.15, -0.1) is 0 Å². The van der Waals surface area contributed by atoms with Crippen molar-refractivity contribution >= 4 is 5.97 Å². The molecule has 19 heavy (non-hydrogen) atoms. The van der Waals surface area contributed by atoms with Crippen LogP contribution in [0.5, 0.6) is 0 Å². The Labute approximate surface area is 109 Å². The van der Waals surface area contributed by atoms with Gasteiger partial charge >= 0.3 is 17.3 Å². The Bertz CT molecular complexity index is 567. The van der Waals surface area contributed by atoms with E-state index in [4.69, 9.17) is 0 Å². The number of hydrogen-bond donors (Lipinski definition) is 3. The molecule has 0 radical (unpaired) electrons. The molecule has 0 amide bonds. The van der Waals surface area contributed by atoms with E-state index in [1.54, 1.807) is 0 Å². The third-order valence-corrected chi connectivity index (χ3v) is 4.74. The zero-order valence-corrected chi connectivity index (χ0v) is 11.3. The summed E-state index contributed by atoms with van der Waals surface area (Å²) in [6.45, 7) is 5.67. The molecule has 7 nitrogen and oxygen atoms in total. The van der Waals surface area contributed by atoms with E-state index in [1.807, 2.05) is 20.8 Å². The molecule has 1 saturated carbocycles. The van der Waals surface area contributed by atoms with Crippen LogP contribution in [-0.4, -0.2) is 25.8 Å². The van der Waals surface area contributed by atoms with Gasteiger partial charge in [-0.1, -0.05) is 20.8 Å². The maximum Gasteiger partial charge on any atom is 0.344 e. The SMILES string of the molecule is CC1C(n2c(=O)[nH][nH]c2=O)CCC(C(=O)O)C1(C)C. The first-order chi connectivity index (χ1) is 8.76. The minimum atomic E-state index is -0.814. The van der Waals surface area contributed by atoms with Crippen molar-refractivity contribution in [1.29, 1.82) is 0 Å². The van der Waals surface area contributed by atoms with E-state index in [0.717, 1.165) is 0 Å². The van der Waals surface area contributed by atoms with Crippen molar-refractivity contribution in [3.05, 3.63) is 21.0 Å². The first-order valence-electron chi connectivity index (χ1n) is 6.38. The first-order valence-corrected chi connectivity index (χ1v) is 6.38. The van der Waals surface area contributed by atoms with Crippen LogP contribution in [0.4, 0.5) is 0 Å². The fourth-order valence-corrected chi connectivity index (χ4v) is 3.19. The van der Waals surface area contributed by atoms with E-state index in [-0.39, 0.29) is 12.0 Å². The maximum atomic E-state index is 11.7. The highest BCUT2D eigenvalue weighted by atomic mass is 16.4. The fraction of sp³-hybridized carbons (Fsp3) is 0.750. The number of aromatic nitrogens is 3. The number of carboxylic acid groups (broad SMARTS) is 1. The molecular formula is C12H19N3O4. The third kappa shape index (κ3) is 2.02. The van der Waals surface area contributed by atoms with Crippen molar-refractivity contribution in [2.24, 2.45) is 17.3 Å². The first kappa shape index (κ1) is 13.6. The van der Waals surface area contributed by atoms with Gasteiger partial charge in [-0.2, -0.15) is 0 Å². The number of rotatable bonds is 2. The monoisotopic (exact) mass is 269 g/mol. The summed E-state index contributed by atoms with van der Waals surface area (Å²) in [4.78, 5) is 34.6. The Morgan fingerprint density at radius 1 is 1.26 bits per heavy atom.